The van der Waals surface area contributed by atoms with Crippen molar-refractivity contribution in [1.82, 2.24) is 0 Å². The van der Waals surface area contributed by atoms with Gasteiger partial charge in [0.25, 0.3) is 11.7 Å². The molecule has 7 nitrogen and oxygen atoms in total. The van der Waals surface area contributed by atoms with Gasteiger partial charge in [-0.15, -0.1) is 0 Å². The third kappa shape index (κ3) is 4.33. The van der Waals surface area contributed by atoms with E-state index in [0.29, 0.717) is 40.7 Å². The first-order valence-electron chi connectivity index (χ1n) is 11.2. The number of aliphatic hydroxyl groups is 1. The lowest BCUT2D eigenvalue weighted by atomic mass is 9.94. The Morgan fingerprint density at radius 1 is 0.914 bits per heavy atom. The molecule has 35 heavy (non-hydrogen) atoms. The second kappa shape index (κ2) is 9.93. The molecule has 1 fully saturated rings. The summed E-state index contributed by atoms with van der Waals surface area (Å²) < 4.78 is 16.6. The van der Waals surface area contributed by atoms with Crippen molar-refractivity contribution in [1.29, 1.82) is 0 Å². The van der Waals surface area contributed by atoms with Gasteiger partial charge in [-0.25, -0.2) is 0 Å². The molecule has 4 rings (SSSR count). The van der Waals surface area contributed by atoms with Gasteiger partial charge >= 0.3 is 0 Å². The lowest BCUT2D eigenvalue weighted by molar-refractivity contribution is -0.132. The predicted molar refractivity (Wildman–Crippen MR) is 133 cm³/mol. The summed E-state index contributed by atoms with van der Waals surface area (Å²) in [5.74, 6) is -0.450. The fourth-order valence-electron chi connectivity index (χ4n) is 4.31. The number of carbonyl (C=O) groups excluding carboxylic acids is 2. The van der Waals surface area contributed by atoms with Gasteiger partial charge in [0.2, 0.25) is 0 Å². The number of rotatable bonds is 7. The van der Waals surface area contributed by atoms with E-state index in [1.165, 1.54) is 19.1 Å². The van der Waals surface area contributed by atoms with Crippen molar-refractivity contribution in [2.45, 2.75) is 19.9 Å². The van der Waals surface area contributed by atoms with E-state index in [4.69, 9.17) is 14.2 Å². The van der Waals surface area contributed by atoms with Crippen molar-refractivity contribution in [3.8, 4) is 17.2 Å². The summed E-state index contributed by atoms with van der Waals surface area (Å²) in [5, 5.41) is 11.4. The van der Waals surface area contributed by atoms with Gasteiger partial charge in [-0.2, -0.15) is 0 Å². The van der Waals surface area contributed by atoms with Crippen LogP contribution in [0.5, 0.6) is 17.2 Å². The second-order valence-electron chi connectivity index (χ2n) is 8.05. The molecule has 0 bridgehead atoms. The minimum Gasteiger partial charge on any atom is -0.507 e. The van der Waals surface area contributed by atoms with Crippen LogP contribution in [0.2, 0.25) is 0 Å². The summed E-state index contributed by atoms with van der Waals surface area (Å²) in [6, 6.07) is 18.5. The quantitative estimate of drug-likeness (QED) is 0.294. The highest BCUT2D eigenvalue weighted by Gasteiger charge is 2.47. The highest BCUT2D eigenvalue weighted by molar-refractivity contribution is 6.51. The third-order valence-electron chi connectivity index (χ3n) is 5.89. The van der Waals surface area contributed by atoms with E-state index >= 15 is 0 Å². The first kappa shape index (κ1) is 23.9. The molecule has 0 saturated carbocycles. The zero-order valence-corrected chi connectivity index (χ0v) is 20.1. The van der Waals surface area contributed by atoms with Crippen LogP contribution in [0.3, 0.4) is 0 Å². The summed E-state index contributed by atoms with van der Waals surface area (Å²) >= 11 is 0. The number of ether oxygens (including phenoxy) is 3. The molecule has 7 heteroatoms. The number of aryl methyl sites for hydroxylation is 1. The van der Waals surface area contributed by atoms with Gasteiger partial charge in [-0.3, -0.25) is 14.5 Å². The van der Waals surface area contributed by atoms with Crippen LogP contribution < -0.4 is 19.1 Å². The Labute approximate surface area is 204 Å². The lowest BCUT2D eigenvalue weighted by Crippen LogP contribution is -2.29. The first-order valence-corrected chi connectivity index (χ1v) is 11.2. The number of hydrogen-bond acceptors (Lipinski definition) is 6. The van der Waals surface area contributed by atoms with Crippen molar-refractivity contribution in [2.75, 3.05) is 25.7 Å². The van der Waals surface area contributed by atoms with Crippen molar-refractivity contribution in [2.24, 2.45) is 0 Å². The number of carbonyl (C=O) groups is 2. The molecule has 1 saturated heterocycles. The molecule has 180 valence electrons. The number of ketones is 1. The molecule has 1 unspecified atom stereocenters. The molecule has 1 amide bonds. The second-order valence-corrected chi connectivity index (χ2v) is 8.05. The number of nitrogens with zero attached hydrogens (tertiary/aromatic N) is 1. The number of methoxy groups -OCH3 is 2. The molecule has 1 aliphatic heterocycles. The number of amides is 1. The summed E-state index contributed by atoms with van der Waals surface area (Å²) in [5.41, 5.74) is 2.34. The van der Waals surface area contributed by atoms with E-state index in [0.717, 1.165) is 5.56 Å². The van der Waals surface area contributed by atoms with E-state index in [2.05, 4.69) is 0 Å². The fourth-order valence-corrected chi connectivity index (χ4v) is 4.31. The van der Waals surface area contributed by atoms with Crippen molar-refractivity contribution in [3.05, 3.63) is 89.0 Å². The van der Waals surface area contributed by atoms with Crippen LogP contribution in [-0.4, -0.2) is 37.6 Å². The molecule has 0 aromatic heterocycles. The fraction of sp³-hybridized carbons (Fsp3) is 0.214. The number of hydrogen-bond donors (Lipinski definition) is 1. The Balaban J connectivity index is 1.98. The Morgan fingerprint density at radius 3 is 2.34 bits per heavy atom. The maximum atomic E-state index is 13.4. The van der Waals surface area contributed by atoms with Gasteiger partial charge in [-0.1, -0.05) is 30.3 Å². The van der Waals surface area contributed by atoms with E-state index in [-0.39, 0.29) is 11.3 Å². The van der Waals surface area contributed by atoms with E-state index in [9.17, 15) is 14.7 Å². The Morgan fingerprint density at radius 2 is 1.66 bits per heavy atom. The van der Waals surface area contributed by atoms with Crippen LogP contribution >= 0.6 is 0 Å². The topological polar surface area (TPSA) is 85.3 Å². The molecular weight excluding hydrogens is 446 g/mol. The molecule has 1 aliphatic rings. The Hall–Kier alpha value is -4.26. The van der Waals surface area contributed by atoms with Gasteiger partial charge in [0.05, 0.1) is 38.0 Å². The smallest absolute Gasteiger partial charge is 0.300 e. The Kier molecular flexibility index (Phi) is 6.78. The molecule has 1 N–H and O–H groups in total. The zero-order chi connectivity index (χ0) is 25.1. The number of anilines is 1. The van der Waals surface area contributed by atoms with Crippen LogP contribution in [0.1, 0.15) is 29.7 Å². The lowest BCUT2D eigenvalue weighted by Gasteiger charge is -2.26. The van der Waals surface area contributed by atoms with E-state index in [1.54, 1.807) is 48.5 Å². The van der Waals surface area contributed by atoms with Crippen molar-refractivity contribution < 1.29 is 28.9 Å². The molecule has 0 radical (unpaired) electrons. The molecule has 1 heterocycles. The number of benzene rings is 3. The van der Waals surface area contributed by atoms with E-state index < -0.39 is 17.7 Å². The summed E-state index contributed by atoms with van der Waals surface area (Å²) in [6.45, 7) is 4.22. The van der Waals surface area contributed by atoms with Gasteiger partial charge in [0.15, 0.2) is 11.5 Å². The van der Waals surface area contributed by atoms with Gasteiger partial charge in [0, 0.05) is 5.69 Å². The molecule has 0 aliphatic carbocycles. The van der Waals surface area contributed by atoms with E-state index in [1.807, 2.05) is 32.0 Å². The Bertz CT molecular complexity index is 1310. The largest absolute Gasteiger partial charge is 0.507 e. The van der Waals surface area contributed by atoms with Crippen LogP contribution in [0.15, 0.2) is 72.3 Å². The molecule has 0 spiro atoms. The zero-order valence-electron chi connectivity index (χ0n) is 20.1. The van der Waals surface area contributed by atoms with Crippen LogP contribution in [-0.2, 0) is 9.59 Å². The summed E-state index contributed by atoms with van der Waals surface area (Å²) in [6.07, 6.45) is 0. The molecular formula is C28H27NO6. The molecule has 1 atom stereocenters. The van der Waals surface area contributed by atoms with Gasteiger partial charge < -0.3 is 19.3 Å². The normalized spacial score (nSPS) is 16.9. The van der Waals surface area contributed by atoms with Crippen molar-refractivity contribution in [3.63, 3.8) is 0 Å². The third-order valence-corrected chi connectivity index (χ3v) is 5.89. The first-order chi connectivity index (χ1) is 16.9. The number of aliphatic hydroxyl groups excluding tert-OH is 1. The predicted octanol–water partition coefficient (Wildman–Crippen LogP) is 5.04. The minimum atomic E-state index is -0.897. The SMILES string of the molecule is CCOc1ccc(C2/C(=C(/O)c3ccccc3OC)C(=O)C(=O)N2c2cccc(C)c2)cc1OC. The monoisotopic (exact) mass is 473 g/mol. The maximum absolute atomic E-state index is 13.4. The molecule has 3 aromatic carbocycles. The maximum Gasteiger partial charge on any atom is 0.300 e. The molecule has 3 aromatic rings. The number of Topliss-reactive ketones (excluding diaryl/α,β-unsaturated/α-hetero) is 1. The standard InChI is InChI=1S/C28H27NO6/c1-5-35-22-14-13-18(16-23(22)34-4)25-24(26(30)20-11-6-7-12-21(20)33-3)27(31)28(32)29(25)19-10-8-9-17(2)15-19/h6-16,25,30H,5H2,1-4H3/b26-24-. The highest BCUT2D eigenvalue weighted by Crippen LogP contribution is 2.45. The van der Waals surface area contributed by atoms with Crippen LogP contribution in [0, 0.1) is 6.92 Å². The van der Waals surface area contributed by atoms with Crippen LogP contribution in [0.4, 0.5) is 5.69 Å². The average molecular weight is 474 g/mol. The highest BCUT2D eigenvalue weighted by atomic mass is 16.5. The van der Waals surface area contributed by atoms with Gasteiger partial charge in [-0.05, 0) is 61.4 Å². The van der Waals surface area contributed by atoms with Crippen molar-refractivity contribution >= 4 is 23.1 Å². The van der Waals surface area contributed by atoms with Crippen LogP contribution in [0.25, 0.3) is 5.76 Å². The van der Waals surface area contributed by atoms with Gasteiger partial charge in [0.1, 0.15) is 11.5 Å². The minimum absolute atomic E-state index is 0.0350. The number of para-hydroxylation sites is 1. The average Bonchev–Trinajstić information content (AvgIpc) is 3.14. The summed E-state index contributed by atoms with van der Waals surface area (Å²) in [7, 11) is 3.00. The summed E-state index contributed by atoms with van der Waals surface area (Å²) in [4.78, 5) is 28.2.